The zero-order valence-electron chi connectivity index (χ0n) is 6.27. The largest absolute Gasteiger partial charge is 0.285 e. The first-order valence-electron chi connectivity index (χ1n) is 3.17. The van der Waals surface area contributed by atoms with Gasteiger partial charge in [0.25, 0.3) is 5.78 Å². The topological polar surface area (TPSA) is 34.1 Å². The normalized spacial score (nSPS) is 19.0. The lowest BCUT2D eigenvalue weighted by Gasteiger charge is -2.06. The zero-order valence-corrected chi connectivity index (χ0v) is 6.27. The smallest absolute Gasteiger partial charge is 0.261 e. The van der Waals surface area contributed by atoms with Crippen LogP contribution in [0, 0.1) is 0 Å². The molecule has 0 heterocycles. The second-order valence-corrected chi connectivity index (χ2v) is 2.48. The van der Waals surface area contributed by atoms with Crippen molar-refractivity contribution in [2.45, 2.75) is 13.8 Å². The SMILES string of the molecule is CC1=CC(C)=C(F)C(=O)C1=O. The van der Waals surface area contributed by atoms with Gasteiger partial charge in [0.05, 0.1) is 0 Å². The van der Waals surface area contributed by atoms with Crippen LogP contribution in [-0.2, 0) is 9.59 Å². The van der Waals surface area contributed by atoms with Gasteiger partial charge in [-0.15, -0.1) is 0 Å². The lowest BCUT2D eigenvalue weighted by atomic mass is 9.98. The molecule has 1 rings (SSSR count). The Morgan fingerprint density at radius 1 is 1.18 bits per heavy atom. The van der Waals surface area contributed by atoms with E-state index in [0.29, 0.717) is 5.57 Å². The summed E-state index contributed by atoms with van der Waals surface area (Å²) in [6.45, 7) is 2.96. The van der Waals surface area contributed by atoms with E-state index in [1.165, 1.54) is 19.9 Å². The van der Waals surface area contributed by atoms with Gasteiger partial charge in [0.1, 0.15) is 0 Å². The molecular weight excluding hydrogens is 147 g/mol. The molecular formula is C8H7FO2. The van der Waals surface area contributed by atoms with Gasteiger partial charge in [-0.1, -0.05) is 0 Å². The van der Waals surface area contributed by atoms with E-state index in [9.17, 15) is 14.0 Å². The highest BCUT2D eigenvalue weighted by Gasteiger charge is 2.25. The van der Waals surface area contributed by atoms with Gasteiger partial charge in [-0.3, -0.25) is 9.59 Å². The third-order valence-corrected chi connectivity index (χ3v) is 1.54. The summed E-state index contributed by atoms with van der Waals surface area (Å²) < 4.78 is 12.7. The lowest BCUT2D eigenvalue weighted by molar-refractivity contribution is -0.133. The molecule has 0 aromatic rings. The maximum atomic E-state index is 12.7. The predicted molar refractivity (Wildman–Crippen MR) is 37.6 cm³/mol. The predicted octanol–water partition coefficient (Wildman–Crippen LogP) is 1.33. The number of Topliss-reactive ketones (excluding diaryl/α,β-unsaturated/α-hetero) is 2. The fourth-order valence-electron chi connectivity index (χ4n) is 0.912. The van der Waals surface area contributed by atoms with Crippen molar-refractivity contribution in [3.05, 3.63) is 23.0 Å². The molecule has 0 aromatic heterocycles. The van der Waals surface area contributed by atoms with Gasteiger partial charge in [-0.25, -0.2) is 4.39 Å². The van der Waals surface area contributed by atoms with E-state index in [1.807, 2.05) is 0 Å². The quantitative estimate of drug-likeness (QED) is 0.389. The molecule has 2 nitrogen and oxygen atoms in total. The van der Waals surface area contributed by atoms with E-state index >= 15 is 0 Å². The number of carbonyl (C=O) groups excluding carboxylic acids is 2. The Balaban J connectivity index is 3.22. The van der Waals surface area contributed by atoms with Gasteiger partial charge < -0.3 is 0 Å². The minimum Gasteiger partial charge on any atom is -0.285 e. The number of halogens is 1. The number of hydrogen-bond donors (Lipinski definition) is 0. The maximum absolute atomic E-state index is 12.7. The van der Waals surface area contributed by atoms with Crippen LogP contribution < -0.4 is 0 Å². The van der Waals surface area contributed by atoms with Crippen molar-refractivity contribution in [3.8, 4) is 0 Å². The van der Waals surface area contributed by atoms with Gasteiger partial charge in [0.15, 0.2) is 5.83 Å². The Morgan fingerprint density at radius 2 is 1.73 bits per heavy atom. The number of ketones is 2. The number of rotatable bonds is 0. The molecule has 0 amide bonds. The standard InChI is InChI=1S/C8H7FO2/c1-4-3-5(2)7(10)8(11)6(4)9/h3H,1-2H3. The number of hydrogen-bond acceptors (Lipinski definition) is 2. The molecule has 0 fully saturated rings. The molecule has 1 aliphatic rings. The molecule has 0 aromatic carbocycles. The fraction of sp³-hybridized carbons (Fsp3) is 0.250. The third-order valence-electron chi connectivity index (χ3n) is 1.54. The number of allylic oxidation sites excluding steroid dienone is 4. The molecule has 0 radical (unpaired) electrons. The summed E-state index contributed by atoms with van der Waals surface area (Å²) in [6, 6.07) is 0. The molecule has 3 heteroatoms. The van der Waals surface area contributed by atoms with Gasteiger partial charge >= 0.3 is 0 Å². The van der Waals surface area contributed by atoms with E-state index < -0.39 is 17.4 Å². The average molecular weight is 154 g/mol. The van der Waals surface area contributed by atoms with E-state index in [-0.39, 0.29) is 5.57 Å². The van der Waals surface area contributed by atoms with Gasteiger partial charge in [-0.05, 0) is 25.5 Å². The first-order chi connectivity index (χ1) is 5.04. The van der Waals surface area contributed by atoms with Crippen molar-refractivity contribution in [2.75, 3.05) is 0 Å². The van der Waals surface area contributed by atoms with Crippen LogP contribution in [0.1, 0.15) is 13.8 Å². The molecule has 58 valence electrons. The van der Waals surface area contributed by atoms with Crippen LogP contribution in [0.25, 0.3) is 0 Å². The monoisotopic (exact) mass is 154 g/mol. The van der Waals surface area contributed by atoms with Crippen molar-refractivity contribution in [2.24, 2.45) is 0 Å². The first-order valence-corrected chi connectivity index (χ1v) is 3.17. The fourth-order valence-corrected chi connectivity index (χ4v) is 0.912. The van der Waals surface area contributed by atoms with E-state index in [0.717, 1.165) is 0 Å². The summed E-state index contributed by atoms with van der Waals surface area (Å²) >= 11 is 0. The molecule has 0 saturated heterocycles. The van der Waals surface area contributed by atoms with Crippen LogP contribution in [0.15, 0.2) is 23.0 Å². The van der Waals surface area contributed by atoms with Gasteiger partial charge in [0.2, 0.25) is 5.78 Å². The molecule has 0 unspecified atom stereocenters. The summed E-state index contributed by atoms with van der Waals surface area (Å²) in [6.07, 6.45) is 1.37. The summed E-state index contributed by atoms with van der Waals surface area (Å²) in [4.78, 5) is 21.5. The Morgan fingerprint density at radius 3 is 2.27 bits per heavy atom. The third kappa shape index (κ3) is 1.13. The average Bonchev–Trinajstić information content (AvgIpc) is 1.97. The Hall–Kier alpha value is -1.25. The zero-order chi connectivity index (χ0) is 8.59. The molecule has 11 heavy (non-hydrogen) atoms. The molecule has 0 aliphatic heterocycles. The van der Waals surface area contributed by atoms with Crippen LogP contribution in [0.2, 0.25) is 0 Å². The molecule has 1 aliphatic carbocycles. The van der Waals surface area contributed by atoms with Crippen molar-refractivity contribution in [1.82, 2.24) is 0 Å². The van der Waals surface area contributed by atoms with Crippen molar-refractivity contribution in [3.63, 3.8) is 0 Å². The van der Waals surface area contributed by atoms with E-state index in [2.05, 4.69) is 0 Å². The molecule has 0 N–H and O–H groups in total. The second kappa shape index (κ2) is 2.42. The van der Waals surface area contributed by atoms with Crippen LogP contribution in [0.3, 0.4) is 0 Å². The van der Waals surface area contributed by atoms with Crippen molar-refractivity contribution >= 4 is 11.6 Å². The van der Waals surface area contributed by atoms with Crippen LogP contribution in [-0.4, -0.2) is 11.6 Å². The van der Waals surface area contributed by atoms with Crippen LogP contribution in [0.4, 0.5) is 4.39 Å². The molecule has 0 saturated carbocycles. The highest BCUT2D eigenvalue weighted by Crippen LogP contribution is 2.18. The molecule has 0 spiro atoms. The van der Waals surface area contributed by atoms with Gasteiger partial charge in [0, 0.05) is 5.57 Å². The van der Waals surface area contributed by atoms with Crippen molar-refractivity contribution < 1.29 is 14.0 Å². The minimum atomic E-state index is -1.03. The summed E-state index contributed by atoms with van der Waals surface area (Å²) in [5, 5.41) is 0. The Bertz CT molecular complexity index is 293. The molecule has 0 atom stereocenters. The highest BCUT2D eigenvalue weighted by molar-refractivity contribution is 6.49. The van der Waals surface area contributed by atoms with Gasteiger partial charge in [-0.2, -0.15) is 0 Å². The Labute approximate surface area is 63.4 Å². The highest BCUT2D eigenvalue weighted by atomic mass is 19.1. The summed E-state index contributed by atoms with van der Waals surface area (Å²) in [5.74, 6) is -2.70. The minimum absolute atomic E-state index is 0.229. The second-order valence-electron chi connectivity index (χ2n) is 2.48. The van der Waals surface area contributed by atoms with Crippen LogP contribution in [0.5, 0.6) is 0 Å². The van der Waals surface area contributed by atoms with E-state index in [4.69, 9.17) is 0 Å². The lowest BCUT2D eigenvalue weighted by Crippen LogP contribution is -2.19. The van der Waals surface area contributed by atoms with Crippen LogP contribution >= 0.6 is 0 Å². The maximum Gasteiger partial charge on any atom is 0.261 e. The summed E-state index contributed by atoms with van der Waals surface area (Å²) in [7, 11) is 0. The number of carbonyl (C=O) groups is 2. The van der Waals surface area contributed by atoms with E-state index in [1.54, 1.807) is 0 Å². The van der Waals surface area contributed by atoms with Crippen molar-refractivity contribution in [1.29, 1.82) is 0 Å². The Kier molecular flexibility index (Phi) is 1.72. The first kappa shape index (κ1) is 7.85. The summed E-state index contributed by atoms with van der Waals surface area (Å²) in [5.41, 5.74) is 0.529. The molecule has 0 bridgehead atoms.